The molecule has 3 fully saturated rings. The maximum atomic E-state index is 14.2. The molecule has 12 atom stereocenters. The fourth-order valence-corrected chi connectivity index (χ4v) is 8.12. The molecule has 3 aliphatic heterocycles. The lowest BCUT2D eigenvalue weighted by Crippen LogP contribution is -2.58. The smallest absolute Gasteiger partial charge is 0.475 e. The fraction of sp³-hybridized carbons (Fsp3) is 0.583. The Bertz CT molecular complexity index is 2110. The van der Waals surface area contributed by atoms with Crippen LogP contribution >= 0.6 is 0 Å². The van der Waals surface area contributed by atoms with Crippen LogP contribution in [0.4, 0.5) is 26.3 Å². The van der Waals surface area contributed by atoms with E-state index in [2.05, 4.69) is 31.9 Å². The number of ether oxygens (including phenoxy) is 4. The van der Waals surface area contributed by atoms with Crippen LogP contribution in [-0.4, -0.2) is 170 Å². The summed E-state index contributed by atoms with van der Waals surface area (Å²) in [6, 6.07) is 12.0. The van der Waals surface area contributed by atoms with Crippen molar-refractivity contribution < 1.29 is 93.9 Å². The standard InChI is InChI=1S/C44H64N8O10.2C2HF3O2/c1-23(2)17-27-39(53)47-21-31-33(45)35(59-5)38(61-31)44(58)52-30(20-26-15-11-8-12-16-26)42(56)50-28(18-24(3)4)40(54)48-22-32-34(46)36(60-6)37(62-32)43(57)51-29(41(55)49-27)19-25-13-9-7-10-14-25;2*3-2(4,5)1(6)7/h7-16,23-24,27-38H,17-22,45-46H2,1-6H3,(H,47,53)(H,48,54)(H,49,55)(H,50,56)(H,51,57)(H,52,58);2*(H,6,7)/t27-,28-,29-,30-,31+,32+,33+,34+,35+,36+,37-,38-;;/m0../s1. The zero-order valence-corrected chi connectivity index (χ0v) is 42.3. The predicted molar refractivity (Wildman–Crippen MR) is 255 cm³/mol. The number of carbonyl (C=O) groups is 8. The van der Waals surface area contributed by atoms with Gasteiger partial charge in [0.25, 0.3) is 11.8 Å². The molecule has 0 aromatic heterocycles. The van der Waals surface area contributed by atoms with Gasteiger partial charge in [0.2, 0.25) is 23.6 Å². The van der Waals surface area contributed by atoms with Crippen LogP contribution in [0.2, 0.25) is 0 Å². The summed E-state index contributed by atoms with van der Waals surface area (Å²) in [6.07, 6.45) is -15.8. The van der Waals surface area contributed by atoms with Crippen molar-refractivity contribution in [2.75, 3.05) is 27.3 Å². The van der Waals surface area contributed by atoms with Crippen molar-refractivity contribution in [2.24, 2.45) is 23.3 Å². The number of benzene rings is 2. The first-order valence-corrected chi connectivity index (χ1v) is 23.8. The van der Waals surface area contributed by atoms with E-state index in [0.29, 0.717) is 0 Å². The quantitative estimate of drug-likeness (QED) is 0.143. The molecule has 22 nitrogen and oxygen atoms in total. The van der Waals surface area contributed by atoms with Gasteiger partial charge in [0, 0.05) is 40.2 Å². The minimum Gasteiger partial charge on any atom is -0.475 e. The Morgan fingerprint density at radius 3 is 1.11 bits per heavy atom. The van der Waals surface area contributed by atoms with Gasteiger partial charge in [0.05, 0.1) is 24.3 Å². The summed E-state index contributed by atoms with van der Waals surface area (Å²) in [7, 11) is 2.76. The number of methoxy groups -OCH3 is 2. The SMILES string of the molecule is CO[C@@H]1[C@H](N)[C@H]2CNC(=O)[C@H](CC(C)C)NC(=O)[C@H](Cc3ccccc3)NC(=O)[C@H]3O[C@H](CNC(=O)[C@H](CC(C)C)NC(=O)[C@H](Cc4ccccc4)NC(=O)[C@H]1O2)[C@@H](N)[C@H]3OC.O=C(O)C(F)(F)F.O=C(O)C(F)(F)F. The first-order chi connectivity index (χ1) is 35.5. The highest BCUT2D eigenvalue weighted by Crippen LogP contribution is 2.25. The molecule has 6 amide bonds. The first-order valence-electron chi connectivity index (χ1n) is 23.8. The van der Waals surface area contributed by atoms with Crippen LogP contribution in [0.1, 0.15) is 51.7 Å². The number of rotatable bonds is 10. The average Bonchev–Trinajstić information content (AvgIpc) is 3.85. The van der Waals surface area contributed by atoms with Gasteiger partial charge < -0.3 is 72.5 Å². The Balaban J connectivity index is 0.000000953. The summed E-state index contributed by atoms with van der Waals surface area (Å²) in [5.74, 6) is -9.25. The lowest BCUT2D eigenvalue weighted by Gasteiger charge is -2.27. The van der Waals surface area contributed by atoms with Gasteiger partial charge in [-0.3, -0.25) is 28.8 Å². The van der Waals surface area contributed by atoms with Crippen LogP contribution in [0.3, 0.4) is 0 Å². The molecule has 4 bridgehead atoms. The number of carbonyl (C=O) groups excluding carboxylic acids is 6. The van der Waals surface area contributed by atoms with Crippen molar-refractivity contribution in [3.05, 3.63) is 71.8 Å². The molecule has 0 aliphatic carbocycles. The highest BCUT2D eigenvalue weighted by molar-refractivity contribution is 5.94. The lowest BCUT2D eigenvalue weighted by atomic mass is 9.99. The lowest BCUT2D eigenvalue weighted by molar-refractivity contribution is -0.193. The van der Waals surface area contributed by atoms with E-state index in [1.165, 1.54) is 14.2 Å². The fourth-order valence-electron chi connectivity index (χ4n) is 8.12. The van der Waals surface area contributed by atoms with Crippen molar-refractivity contribution >= 4 is 47.4 Å². The summed E-state index contributed by atoms with van der Waals surface area (Å²) in [4.78, 5) is 102. The van der Waals surface area contributed by atoms with E-state index in [-0.39, 0.29) is 50.6 Å². The van der Waals surface area contributed by atoms with Gasteiger partial charge in [-0.1, -0.05) is 88.4 Å². The largest absolute Gasteiger partial charge is 0.490 e. The number of amides is 6. The second-order valence-electron chi connectivity index (χ2n) is 18.7. The number of nitrogens with two attached hydrogens (primary N) is 2. The molecule has 3 saturated heterocycles. The topological polar surface area (TPSA) is 338 Å². The van der Waals surface area contributed by atoms with Crippen molar-refractivity contribution in [1.29, 1.82) is 0 Å². The van der Waals surface area contributed by atoms with E-state index < -0.39 is 133 Å². The average molecular weight is 1090 g/mol. The zero-order valence-electron chi connectivity index (χ0n) is 42.3. The maximum absolute atomic E-state index is 14.2. The van der Waals surface area contributed by atoms with E-state index in [1.807, 2.05) is 64.1 Å². The molecule has 5 rings (SSSR count). The number of hydrogen-bond donors (Lipinski definition) is 10. The van der Waals surface area contributed by atoms with Gasteiger partial charge in [0.1, 0.15) is 36.4 Å². The van der Waals surface area contributed by atoms with Gasteiger partial charge in [-0.2, -0.15) is 26.3 Å². The normalized spacial score (nSPS) is 28.2. The number of carboxylic acid groups (broad SMARTS) is 2. The molecular weight excluding hydrogens is 1030 g/mol. The van der Waals surface area contributed by atoms with Crippen LogP contribution in [0.25, 0.3) is 0 Å². The molecule has 0 unspecified atom stereocenters. The number of alkyl halides is 6. The molecule has 28 heteroatoms. The summed E-state index contributed by atoms with van der Waals surface area (Å²) in [5.41, 5.74) is 14.6. The maximum Gasteiger partial charge on any atom is 0.490 e. The summed E-state index contributed by atoms with van der Waals surface area (Å²) in [6.45, 7) is 7.32. The number of halogens is 6. The van der Waals surface area contributed by atoms with Gasteiger partial charge in [0.15, 0.2) is 12.2 Å². The minimum atomic E-state index is -5.08. The number of hydrogen-bond acceptors (Lipinski definition) is 14. The second kappa shape index (κ2) is 29.2. The number of aliphatic carboxylic acids is 2. The van der Waals surface area contributed by atoms with Crippen molar-refractivity contribution in [3.63, 3.8) is 0 Å². The van der Waals surface area contributed by atoms with E-state index in [4.69, 9.17) is 50.2 Å². The molecule has 2 aromatic carbocycles. The van der Waals surface area contributed by atoms with Crippen LogP contribution in [-0.2, 0) is 70.1 Å². The third-order valence-electron chi connectivity index (χ3n) is 11.9. The van der Waals surface area contributed by atoms with Crippen LogP contribution < -0.4 is 43.4 Å². The highest BCUT2D eigenvalue weighted by atomic mass is 19.4. The van der Waals surface area contributed by atoms with Crippen molar-refractivity contribution in [3.8, 4) is 0 Å². The van der Waals surface area contributed by atoms with Crippen molar-refractivity contribution in [1.82, 2.24) is 31.9 Å². The summed E-state index contributed by atoms with van der Waals surface area (Å²) < 4.78 is 87.1. The van der Waals surface area contributed by atoms with E-state index in [0.717, 1.165) is 11.1 Å². The van der Waals surface area contributed by atoms with Gasteiger partial charge in [-0.15, -0.1) is 0 Å². The molecular formula is C48H66F6N8O14. The third-order valence-corrected chi connectivity index (χ3v) is 11.9. The summed E-state index contributed by atoms with van der Waals surface area (Å²) >= 11 is 0. The first kappa shape index (κ1) is 63.8. The number of fused-ring (bicyclic) bond motifs is 4. The van der Waals surface area contributed by atoms with Gasteiger partial charge in [-0.05, 0) is 35.8 Å². The molecule has 3 aliphatic rings. The Morgan fingerprint density at radius 2 is 0.842 bits per heavy atom. The Kier molecular flexibility index (Phi) is 24.5. The van der Waals surface area contributed by atoms with Crippen molar-refractivity contribution in [2.45, 2.75) is 139 Å². The highest BCUT2D eigenvalue weighted by Gasteiger charge is 2.49. The molecule has 3 heterocycles. The Morgan fingerprint density at radius 1 is 0.553 bits per heavy atom. The van der Waals surface area contributed by atoms with Crippen LogP contribution in [0, 0.1) is 11.8 Å². The molecule has 76 heavy (non-hydrogen) atoms. The Labute approximate surface area is 433 Å². The van der Waals surface area contributed by atoms with E-state index in [1.54, 1.807) is 24.3 Å². The number of nitrogens with one attached hydrogen (secondary N) is 6. The van der Waals surface area contributed by atoms with Crippen LogP contribution in [0.15, 0.2) is 60.7 Å². The molecule has 0 radical (unpaired) electrons. The third kappa shape index (κ3) is 19.6. The number of carboxylic acids is 2. The monoisotopic (exact) mass is 1090 g/mol. The van der Waals surface area contributed by atoms with E-state index in [9.17, 15) is 55.1 Å². The Hall–Kier alpha value is -6.46. The molecule has 2 aromatic rings. The minimum absolute atomic E-state index is 0.0362. The molecule has 0 spiro atoms. The van der Waals surface area contributed by atoms with Crippen LogP contribution in [0.5, 0.6) is 0 Å². The molecule has 0 saturated carbocycles. The predicted octanol–water partition coefficient (Wildman–Crippen LogP) is 0.235. The van der Waals surface area contributed by atoms with Gasteiger partial charge in [-0.25, -0.2) is 9.59 Å². The molecule has 424 valence electrons. The summed E-state index contributed by atoms with van der Waals surface area (Å²) in [5, 5.41) is 31.2. The zero-order chi connectivity index (χ0) is 57.2. The van der Waals surface area contributed by atoms with E-state index >= 15 is 0 Å². The second-order valence-corrected chi connectivity index (χ2v) is 18.7. The van der Waals surface area contributed by atoms with Gasteiger partial charge >= 0.3 is 24.3 Å². The molecule has 12 N–H and O–H groups in total.